The van der Waals surface area contributed by atoms with E-state index >= 15 is 0 Å². The van der Waals surface area contributed by atoms with Gasteiger partial charge in [0, 0.05) is 28.8 Å². The molecule has 5 rings (SSSR count). The van der Waals surface area contributed by atoms with E-state index in [0.29, 0.717) is 48.2 Å². The van der Waals surface area contributed by atoms with E-state index in [1.54, 1.807) is 18.3 Å². The zero-order valence-corrected chi connectivity index (χ0v) is 18.4. The Hall–Kier alpha value is -4.07. The van der Waals surface area contributed by atoms with Crippen molar-refractivity contribution < 1.29 is 21.5 Å². The van der Waals surface area contributed by atoms with Gasteiger partial charge in [-0.15, -0.1) is 0 Å². The van der Waals surface area contributed by atoms with Gasteiger partial charge in [-0.05, 0) is 38.7 Å². The normalized spacial score (nSPS) is 20.2. The molecule has 4 aromatic rings. The standard InChI is InChI=1S/C26H25N5O3/c1-15(32)22-23(17-7-9-18(10-8-17)26(33)34)30-25-20(14-29-31(25)24(22)27)19-11-12-21(28-13-19)16-5-3-2-4-6-16/h2-6,11-14,17-18H,7-10,27H2,1H3,(H,33,34)/i2D,3D,4D,5D,6D. The van der Waals surface area contributed by atoms with Crippen molar-refractivity contribution in [1.29, 1.82) is 0 Å². The minimum atomic E-state index is -0.819. The molecule has 0 saturated heterocycles. The SMILES string of the molecule is [2H]c1c([2H])c([2H])c(-c2ccc(-c3cnn4c(N)c(C(C)=O)c(C5CCC(C(=O)O)CC5)nc34)cn2)c([2H])c1[2H]. The van der Waals surface area contributed by atoms with E-state index < -0.39 is 30.0 Å². The van der Waals surface area contributed by atoms with Gasteiger partial charge in [0.1, 0.15) is 5.82 Å². The third-order valence-corrected chi connectivity index (χ3v) is 6.36. The smallest absolute Gasteiger partial charge is 0.306 e. The minimum Gasteiger partial charge on any atom is -0.481 e. The van der Waals surface area contributed by atoms with E-state index in [1.165, 1.54) is 17.6 Å². The third-order valence-electron chi connectivity index (χ3n) is 6.36. The van der Waals surface area contributed by atoms with Crippen molar-refractivity contribution in [2.24, 2.45) is 5.92 Å². The number of rotatable bonds is 5. The first-order valence-corrected chi connectivity index (χ1v) is 11.0. The molecule has 1 aliphatic carbocycles. The number of fused-ring (bicyclic) bond motifs is 1. The Morgan fingerprint density at radius 1 is 1.09 bits per heavy atom. The molecule has 1 fully saturated rings. The van der Waals surface area contributed by atoms with Crippen molar-refractivity contribution in [1.82, 2.24) is 19.6 Å². The molecular formula is C26H25N5O3. The number of Topliss-reactive ketones (excluding diaryl/α,β-unsaturated/α-hetero) is 1. The number of nitrogen functional groups attached to an aromatic ring is 1. The molecule has 172 valence electrons. The van der Waals surface area contributed by atoms with Crippen LogP contribution in [0.5, 0.6) is 0 Å². The average Bonchev–Trinajstić information content (AvgIpc) is 3.35. The second-order valence-electron chi connectivity index (χ2n) is 8.43. The van der Waals surface area contributed by atoms with Gasteiger partial charge in [-0.25, -0.2) is 4.98 Å². The van der Waals surface area contributed by atoms with Gasteiger partial charge in [0.05, 0.1) is 35.9 Å². The maximum Gasteiger partial charge on any atom is 0.306 e. The molecule has 8 heteroatoms. The van der Waals surface area contributed by atoms with Crippen LogP contribution in [0.4, 0.5) is 5.82 Å². The number of nitrogens with two attached hydrogens (primary N) is 1. The van der Waals surface area contributed by atoms with Crippen LogP contribution in [0.2, 0.25) is 0 Å². The highest BCUT2D eigenvalue weighted by Crippen LogP contribution is 2.39. The Labute approximate surface area is 203 Å². The zero-order chi connectivity index (χ0) is 28.2. The van der Waals surface area contributed by atoms with Crippen LogP contribution in [0.3, 0.4) is 0 Å². The number of nitrogens with zero attached hydrogens (tertiary/aromatic N) is 4. The summed E-state index contributed by atoms with van der Waals surface area (Å²) in [5.74, 6) is -1.46. The van der Waals surface area contributed by atoms with Crippen LogP contribution in [-0.4, -0.2) is 36.4 Å². The van der Waals surface area contributed by atoms with Gasteiger partial charge in [-0.1, -0.05) is 36.3 Å². The fourth-order valence-corrected chi connectivity index (χ4v) is 4.59. The van der Waals surface area contributed by atoms with Gasteiger partial charge in [-0.2, -0.15) is 9.61 Å². The van der Waals surface area contributed by atoms with E-state index in [1.807, 2.05) is 0 Å². The largest absolute Gasteiger partial charge is 0.481 e. The second kappa shape index (κ2) is 8.70. The first-order chi connectivity index (χ1) is 18.5. The Bertz CT molecular complexity index is 1620. The van der Waals surface area contributed by atoms with Crippen LogP contribution >= 0.6 is 0 Å². The van der Waals surface area contributed by atoms with Gasteiger partial charge in [-0.3, -0.25) is 14.6 Å². The molecule has 3 aromatic heterocycles. The van der Waals surface area contributed by atoms with Gasteiger partial charge in [0.25, 0.3) is 0 Å². The summed E-state index contributed by atoms with van der Waals surface area (Å²) in [7, 11) is 0. The number of ketones is 1. The topological polar surface area (TPSA) is 123 Å². The summed E-state index contributed by atoms with van der Waals surface area (Å²) in [6.07, 6.45) is 5.16. The van der Waals surface area contributed by atoms with E-state index in [0.717, 1.165) is 0 Å². The number of carboxylic acids is 1. The number of carboxylic acid groups (broad SMARTS) is 1. The summed E-state index contributed by atoms with van der Waals surface area (Å²) in [5, 5.41) is 13.7. The predicted molar refractivity (Wildman–Crippen MR) is 128 cm³/mol. The number of aromatic nitrogens is 4. The lowest BCUT2D eigenvalue weighted by Crippen LogP contribution is -2.23. The van der Waals surface area contributed by atoms with Gasteiger partial charge in [0.15, 0.2) is 11.4 Å². The monoisotopic (exact) mass is 460 g/mol. The maximum atomic E-state index is 12.6. The van der Waals surface area contributed by atoms with Crippen LogP contribution in [-0.2, 0) is 4.79 Å². The Balaban J connectivity index is 1.58. The van der Waals surface area contributed by atoms with E-state index in [4.69, 9.17) is 17.6 Å². The molecule has 0 atom stereocenters. The molecule has 1 saturated carbocycles. The van der Waals surface area contributed by atoms with Crippen molar-refractivity contribution in [3.63, 3.8) is 0 Å². The lowest BCUT2D eigenvalue weighted by Gasteiger charge is -2.27. The molecule has 34 heavy (non-hydrogen) atoms. The number of pyridine rings is 1. The van der Waals surface area contributed by atoms with E-state index in [-0.39, 0.29) is 46.4 Å². The Kier molecular flexibility index (Phi) is 4.23. The summed E-state index contributed by atoms with van der Waals surface area (Å²) in [5.41, 5.74) is 9.02. The summed E-state index contributed by atoms with van der Waals surface area (Å²) >= 11 is 0. The summed E-state index contributed by atoms with van der Waals surface area (Å²) < 4.78 is 41.4. The molecule has 1 aromatic carbocycles. The molecule has 0 bridgehead atoms. The fourth-order valence-electron chi connectivity index (χ4n) is 4.59. The van der Waals surface area contributed by atoms with Gasteiger partial charge >= 0.3 is 5.97 Å². The Morgan fingerprint density at radius 2 is 1.82 bits per heavy atom. The second-order valence-corrected chi connectivity index (χ2v) is 8.43. The average molecular weight is 461 g/mol. The van der Waals surface area contributed by atoms with Crippen LogP contribution in [0, 0.1) is 5.92 Å². The molecule has 0 radical (unpaired) electrons. The Morgan fingerprint density at radius 3 is 2.44 bits per heavy atom. The molecule has 0 aliphatic heterocycles. The molecule has 8 nitrogen and oxygen atoms in total. The van der Waals surface area contributed by atoms with Crippen LogP contribution < -0.4 is 5.73 Å². The highest BCUT2D eigenvalue weighted by Gasteiger charge is 2.31. The molecule has 0 unspecified atom stereocenters. The van der Waals surface area contributed by atoms with Gasteiger partial charge < -0.3 is 10.8 Å². The van der Waals surface area contributed by atoms with Crippen molar-refractivity contribution in [3.8, 4) is 22.4 Å². The number of hydrogen-bond donors (Lipinski definition) is 2. The van der Waals surface area contributed by atoms with E-state index in [2.05, 4.69) is 10.1 Å². The number of carbonyl (C=O) groups is 2. The summed E-state index contributed by atoms with van der Waals surface area (Å²) in [6.45, 7) is 1.41. The molecule has 3 heterocycles. The summed E-state index contributed by atoms with van der Waals surface area (Å²) in [6, 6.07) is 1.22. The van der Waals surface area contributed by atoms with Crippen LogP contribution in [0.25, 0.3) is 28.0 Å². The van der Waals surface area contributed by atoms with Crippen molar-refractivity contribution in [2.75, 3.05) is 5.73 Å². The first kappa shape index (κ1) is 16.5. The van der Waals surface area contributed by atoms with Crippen molar-refractivity contribution in [3.05, 3.63) is 66.0 Å². The molecule has 1 aliphatic rings. The first-order valence-electron chi connectivity index (χ1n) is 13.5. The molecule has 0 spiro atoms. The number of benzene rings is 1. The van der Waals surface area contributed by atoms with Crippen LogP contribution in [0.15, 0.2) is 54.7 Å². The quantitative estimate of drug-likeness (QED) is 0.417. The maximum absolute atomic E-state index is 12.6. The lowest BCUT2D eigenvalue weighted by molar-refractivity contribution is -0.142. The number of carbonyl (C=O) groups excluding carboxylic acids is 1. The summed E-state index contributed by atoms with van der Waals surface area (Å²) in [4.78, 5) is 33.2. The zero-order valence-electron chi connectivity index (χ0n) is 23.4. The minimum absolute atomic E-state index is 0.000124. The molecule has 3 N–H and O–H groups in total. The fraction of sp³-hybridized carbons (Fsp3) is 0.269. The lowest BCUT2D eigenvalue weighted by atomic mass is 9.79. The van der Waals surface area contributed by atoms with E-state index in [9.17, 15) is 14.7 Å². The predicted octanol–water partition coefficient (Wildman–Crippen LogP) is 4.60. The van der Waals surface area contributed by atoms with Crippen LogP contribution in [0.1, 0.15) is 61.4 Å². The number of anilines is 1. The van der Waals surface area contributed by atoms with Crippen molar-refractivity contribution >= 4 is 23.2 Å². The highest BCUT2D eigenvalue weighted by molar-refractivity contribution is 6.00. The molecule has 0 amide bonds. The number of aliphatic carboxylic acids is 1. The van der Waals surface area contributed by atoms with Gasteiger partial charge in [0.2, 0.25) is 0 Å². The number of hydrogen-bond acceptors (Lipinski definition) is 6. The highest BCUT2D eigenvalue weighted by atomic mass is 16.4. The molecular weight excluding hydrogens is 430 g/mol. The van der Waals surface area contributed by atoms with Crippen molar-refractivity contribution in [2.45, 2.75) is 38.5 Å². The third kappa shape index (κ3) is 3.81.